The molecule has 2 saturated heterocycles. The highest BCUT2D eigenvalue weighted by Crippen LogP contribution is 2.62. The molecule has 8 aliphatic rings. The van der Waals surface area contributed by atoms with E-state index >= 15 is 0 Å². The van der Waals surface area contributed by atoms with Crippen molar-refractivity contribution in [2.75, 3.05) is 27.3 Å². The van der Waals surface area contributed by atoms with Gasteiger partial charge in [-0.3, -0.25) is 19.4 Å². The van der Waals surface area contributed by atoms with Gasteiger partial charge in [-0.2, -0.15) is 0 Å². The second-order valence-electron chi connectivity index (χ2n) is 21.7. The summed E-state index contributed by atoms with van der Waals surface area (Å²) in [6.45, 7) is 8.76. The second kappa shape index (κ2) is 18.2. The Morgan fingerprint density at radius 2 is 1.19 bits per heavy atom. The van der Waals surface area contributed by atoms with Crippen LogP contribution in [-0.2, 0) is 23.9 Å². The molecule has 1 aromatic heterocycles. The Kier molecular flexibility index (Phi) is 12.0. The predicted octanol–water partition coefficient (Wildman–Crippen LogP) is 8.36. The van der Waals surface area contributed by atoms with Gasteiger partial charge < -0.3 is 40.2 Å². The zero-order valence-electron chi connectivity index (χ0n) is 41.2. The number of allylic oxidation sites excluding steroid dienone is 2. The van der Waals surface area contributed by atoms with Crippen LogP contribution in [0.1, 0.15) is 155 Å². The van der Waals surface area contributed by atoms with E-state index in [1.54, 1.807) is 4.90 Å². The lowest BCUT2D eigenvalue weighted by atomic mass is 9.76. The summed E-state index contributed by atoms with van der Waals surface area (Å²) in [5.74, 6) is 2.08. The summed E-state index contributed by atoms with van der Waals surface area (Å²) in [5.41, 5.74) is 13.0. The number of aliphatic imine (C=N–C) groups is 1. The first-order valence-electron chi connectivity index (χ1n) is 25.8. The summed E-state index contributed by atoms with van der Waals surface area (Å²) in [4.78, 5) is 83.5. The number of aromatic amines is 1. The standard InChI is InChI=1S/C55H66N8O7/c1-27(2)47(59-54(67)69-5)52(65)62-21-7-9-41(62)49-56-26-40(58-49)37-19-18-36(45-32-13-14-33(24-32)46(37)45)35-17-16-34(43-30-11-12-31(23-30)44(35)43)29-15-20-39-38(25-29)51(64)61-50(57-39)42-10-8-22-63(42)53(66)48(28(3)4)60-55(68)70-6/h15-20,25-28,30-33,38-39,41-42,47-48H,7-14,21-24H2,1-6H3,(H,56,58)(H,59,67)(H,60,68)(H,57,61,64). The van der Waals surface area contributed by atoms with Crippen molar-refractivity contribution in [1.29, 1.82) is 0 Å². The van der Waals surface area contributed by atoms with Crippen molar-refractivity contribution in [3.05, 3.63) is 82.3 Å². The van der Waals surface area contributed by atoms with Crippen LogP contribution in [0.25, 0.3) is 28.0 Å². The lowest BCUT2D eigenvalue weighted by molar-refractivity contribution is -0.135. The Hall–Kier alpha value is -6.25. The highest BCUT2D eigenvalue weighted by molar-refractivity contribution is 6.07. The van der Waals surface area contributed by atoms with E-state index in [1.807, 2.05) is 38.8 Å². The Morgan fingerprint density at radius 3 is 1.74 bits per heavy atom. The van der Waals surface area contributed by atoms with Gasteiger partial charge in [0.25, 0.3) is 0 Å². The van der Waals surface area contributed by atoms with Crippen LogP contribution < -0.4 is 16.0 Å². The molecule has 368 valence electrons. The highest BCUT2D eigenvalue weighted by Gasteiger charge is 2.46. The third-order valence-corrected chi connectivity index (χ3v) is 17.1. The maximum absolute atomic E-state index is 14.1. The Balaban J connectivity index is 0.875. The average molecular weight is 951 g/mol. The van der Waals surface area contributed by atoms with Gasteiger partial charge >= 0.3 is 12.2 Å². The molecule has 10 atom stereocenters. The number of fused-ring (bicyclic) bond motifs is 11. The number of benzene rings is 2. The number of carbonyl (C=O) groups excluding carboxylic acids is 5. The summed E-state index contributed by atoms with van der Waals surface area (Å²) in [5, 5.41) is 8.59. The van der Waals surface area contributed by atoms with Crippen LogP contribution in [0, 0.1) is 17.8 Å². The minimum Gasteiger partial charge on any atom is -0.453 e. The van der Waals surface area contributed by atoms with Crippen LogP contribution in [-0.4, -0.2) is 107 Å². The van der Waals surface area contributed by atoms with Gasteiger partial charge in [0, 0.05) is 18.7 Å². The number of carbonyl (C=O) groups is 5. The molecule has 4 bridgehead atoms. The number of nitrogens with zero attached hydrogens (tertiary/aromatic N) is 4. The molecule has 2 aromatic carbocycles. The monoisotopic (exact) mass is 951 g/mol. The van der Waals surface area contributed by atoms with E-state index in [1.165, 1.54) is 84.4 Å². The van der Waals surface area contributed by atoms with Gasteiger partial charge in [0.15, 0.2) is 0 Å². The molecule has 15 nitrogen and oxygen atoms in total. The van der Waals surface area contributed by atoms with Gasteiger partial charge in [0.05, 0.1) is 50.2 Å². The fraction of sp³-hybridized carbons (Fsp3) is 0.545. The largest absolute Gasteiger partial charge is 0.453 e. The summed E-state index contributed by atoms with van der Waals surface area (Å²) in [7, 11) is 2.60. The number of rotatable bonds is 11. The molecule has 15 heteroatoms. The minimum absolute atomic E-state index is 0.109. The normalized spacial score (nSPS) is 27.7. The van der Waals surface area contributed by atoms with Crippen molar-refractivity contribution in [2.24, 2.45) is 22.7 Å². The average Bonchev–Trinajstić information content (AvgIpc) is 4.24. The Bertz CT molecular complexity index is 2750. The van der Waals surface area contributed by atoms with E-state index in [4.69, 9.17) is 19.5 Å². The number of nitrogens with one attached hydrogen (secondary N) is 4. The van der Waals surface area contributed by atoms with Crippen molar-refractivity contribution >= 4 is 41.3 Å². The smallest absolute Gasteiger partial charge is 0.407 e. The molecular formula is C55H66N8O7. The van der Waals surface area contributed by atoms with Gasteiger partial charge in [-0.25, -0.2) is 14.6 Å². The molecule has 5 amide bonds. The number of ether oxygens (including phenoxy) is 2. The zero-order chi connectivity index (χ0) is 48.7. The molecule has 4 N–H and O–H groups in total. The molecule has 0 spiro atoms. The van der Waals surface area contributed by atoms with Gasteiger partial charge in [0.2, 0.25) is 17.7 Å². The number of imidazole rings is 1. The van der Waals surface area contributed by atoms with E-state index in [9.17, 15) is 24.0 Å². The number of methoxy groups -OCH3 is 2. The lowest BCUT2D eigenvalue weighted by Gasteiger charge is -2.35. The maximum atomic E-state index is 14.1. The topological polar surface area (TPSA) is 187 Å². The lowest BCUT2D eigenvalue weighted by Crippen LogP contribution is -2.57. The Morgan fingerprint density at radius 1 is 0.686 bits per heavy atom. The SMILES string of the molecule is COC(=O)NC(C(=O)N1CCCC1C1=NC2C=CC(c3ccc(-c4ccc(-c5cnc(C6CCCN6C(=O)C(NC(=O)OC)C(C)C)[nH]5)c5c4C4CCC5C4)c4c3C3CCC4C3)=CC2C(=O)N1)C(C)C. The van der Waals surface area contributed by atoms with Crippen molar-refractivity contribution in [3.8, 4) is 22.4 Å². The first-order chi connectivity index (χ1) is 33.8. The third-order valence-electron chi connectivity index (χ3n) is 17.1. The van der Waals surface area contributed by atoms with E-state index in [0.717, 1.165) is 49.2 Å². The van der Waals surface area contributed by atoms with E-state index in [-0.39, 0.29) is 47.7 Å². The quantitative estimate of drug-likeness (QED) is 0.148. The number of aromatic nitrogens is 2. The fourth-order valence-electron chi connectivity index (χ4n) is 13.8. The van der Waals surface area contributed by atoms with E-state index in [2.05, 4.69) is 63.4 Å². The van der Waals surface area contributed by atoms with Gasteiger partial charge in [-0.1, -0.05) is 70.2 Å². The van der Waals surface area contributed by atoms with E-state index in [0.29, 0.717) is 49.0 Å². The maximum Gasteiger partial charge on any atom is 0.407 e. The van der Waals surface area contributed by atoms with Gasteiger partial charge in [0.1, 0.15) is 23.7 Å². The van der Waals surface area contributed by atoms with Crippen LogP contribution in [0.15, 0.2) is 53.7 Å². The fourth-order valence-corrected chi connectivity index (χ4v) is 13.8. The second-order valence-corrected chi connectivity index (χ2v) is 21.7. The highest BCUT2D eigenvalue weighted by atomic mass is 16.5. The predicted molar refractivity (Wildman–Crippen MR) is 265 cm³/mol. The summed E-state index contributed by atoms with van der Waals surface area (Å²) >= 11 is 0. The minimum atomic E-state index is -0.756. The van der Waals surface area contributed by atoms with Crippen LogP contribution in [0.2, 0.25) is 0 Å². The molecule has 4 heterocycles. The van der Waals surface area contributed by atoms with Gasteiger partial charge in [-0.15, -0.1) is 0 Å². The molecular weight excluding hydrogens is 885 g/mol. The molecule has 5 aliphatic carbocycles. The van der Waals surface area contributed by atoms with E-state index < -0.39 is 30.2 Å². The molecule has 10 unspecified atom stereocenters. The summed E-state index contributed by atoms with van der Waals surface area (Å²) in [6.07, 6.45) is 17.2. The molecule has 70 heavy (non-hydrogen) atoms. The van der Waals surface area contributed by atoms with Crippen molar-refractivity contribution in [2.45, 2.75) is 146 Å². The Labute approximate surface area is 409 Å². The van der Waals surface area contributed by atoms with Crippen molar-refractivity contribution in [3.63, 3.8) is 0 Å². The first-order valence-corrected chi connectivity index (χ1v) is 25.8. The zero-order valence-corrected chi connectivity index (χ0v) is 41.2. The summed E-state index contributed by atoms with van der Waals surface area (Å²) in [6, 6.07) is 6.92. The molecule has 4 fully saturated rings. The van der Waals surface area contributed by atoms with Gasteiger partial charge in [-0.05, 0) is 144 Å². The van der Waals surface area contributed by atoms with Crippen LogP contribution in [0.4, 0.5) is 9.59 Å². The van der Waals surface area contributed by atoms with Crippen LogP contribution in [0.3, 0.4) is 0 Å². The number of amidine groups is 1. The number of alkyl carbamates (subject to hydrolysis) is 2. The number of hydrogen-bond donors (Lipinski definition) is 4. The molecule has 0 radical (unpaired) electrons. The molecule has 3 aromatic rings. The van der Waals surface area contributed by atoms with Crippen molar-refractivity contribution in [1.82, 2.24) is 35.7 Å². The number of H-pyrrole nitrogens is 1. The van der Waals surface area contributed by atoms with Crippen LogP contribution >= 0.6 is 0 Å². The first kappa shape index (κ1) is 46.2. The summed E-state index contributed by atoms with van der Waals surface area (Å²) < 4.78 is 9.66. The number of likely N-dealkylation sites (tertiary alicyclic amines) is 2. The third kappa shape index (κ3) is 7.73. The van der Waals surface area contributed by atoms with Crippen molar-refractivity contribution < 1.29 is 33.4 Å². The molecule has 3 aliphatic heterocycles. The molecule has 11 rings (SSSR count). The number of hydrogen-bond acceptors (Lipinski definition) is 9. The number of amides is 5. The van der Waals surface area contributed by atoms with Crippen LogP contribution in [0.5, 0.6) is 0 Å². The molecule has 2 saturated carbocycles.